The van der Waals surface area contributed by atoms with Crippen LogP contribution in [-0.4, -0.2) is 35.3 Å². The number of carbonyl (C=O) groups is 1. The quantitative estimate of drug-likeness (QED) is 0.405. The normalized spacial score (nSPS) is 12.2. The lowest BCUT2D eigenvalue weighted by Gasteiger charge is -2.16. The second kappa shape index (κ2) is 8.90. The molecule has 0 aromatic carbocycles. The Morgan fingerprint density at radius 2 is 2.18 bits per heavy atom. The van der Waals surface area contributed by atoms with Gasteiger partial charge in [0, 0.05) is 27.2 Å². The largest absolute Gasteiger partial charge is 0.478 e. The van der Waals surface area contributed by atoms with Gasteiger partial charge in [0.15, 0.2) is 0 Å². The molecule has 1 aromatic heterocycles. The average Bonchev–Trinajstić information content (AvgIpc) is 2.80. The summed E-state index contributed by atoms with van der Waals surface area (Å²) in [5, 5.41) is 8.77. The molecule has 124 valence electrons. The van der Waals surface area contributed by atoms with Crippen molar-refractivity contribution >= 4 is 20.1 Å². The highest BCUT2D eigenvalue weighted by molar-refractivity contribution is 6.76. The SMILES string of the molecule is CCCCc1ncc(/C=C\C(=O)O)n1COCC[Si](C)(C)C. The van der Waals surface area contributed by atoms with E-state index in [1.54, 1.807) is 12.3 Å². The summed E-state index contributed by atoms with van der Waals surface area (Å²) < 4.78 is 7.77. The van der Waals surface area contributed by atoms with E-state index in [2.05, 4.69) is 31.5 Å². The van der Waals surface area contributed by atoms with Gasteiger partial charge in [0.1, 0.15) is 12.6 Å². The monoisotopic (exact) mass is 324 g/mol. The predicted molar refractivity (Wildman–Crippen MR) is 91.6 cm³/mol. The van der Waals surface area contributed by atoms with E-state index in [9.17, 15) is 4.79 Å². The number of ether oxygens (including phenoxy) is 1. The van der Waals surface area contributed by atoms with Gasteiger partial charge in [0.2, 0.25) is 0 Å². The van der Waals surface area contributed by atoms with E-state index in [4.69, 9.17) is 9.84 Å². The standard InChI is InChI=1S/C16H28N2O3Si/c1-5-6-7-15-17-12-14(8-9-16(19)20)18(15)13-21-10-11-22(2,3)4/h8-9,12H,5-7,10-11,13H2,1-4H3,(H,19,20)/b9-8-. The number of aromatic nitrogens is 2. The van der Waals surface area contributed by atoms with Crippen LogP contribution in [0, 0.1) is 0 Å². The molecule has 22 heavy (non-hydrogen) atoms. The number of imidazole rings is 1. The fourth-order valence-corrected chi connectivity index (χ4v) is 2.69. The number of rotatable bonds is 10. The average molecular weight is 324 g/mol. The van der Waals surface area contributed by atoms with Crippen LogP contribution >= 0.6 is 0 Å². The lowest BCUT2D eigenvalue weighted by Crippen LogP contribution is -2.22. The molecule has 0 aliphatic rings. The van der Waals surface area contributed by atoms with Crippen molar-refractivity contribution in [1.82, 2.24) is 9.55 Å². The van der Waals surface area contributed by atoms with Crippen LogP contribution in [0.4, 0.5) is 0 Å². The maximum Gasteiger partial charge on any atom is 0.328 e. The highest BCUT2D eigenvalue weighted by Gasteiger charge is 2.13. The number of unbranched alkanes of at least 4 members (excludes halogenated alkanes) is 1. The summed E-state index contributed by atoms with van der Waals surface area (Å²) in [4.78, 5) is 15.1. The topological polar surface area (TPSA) is 64.3 Å². The maximum absolute atomic E-state index is 10.7. The first-order chi connectivity index (χ1) is 10.3. The molecule has 0 fully saturated rings. The summed E-state index contributed by atoms with van der Waals surface area (Å²) in [7, 11) is -1.10. The first kappa shape index (κ1) is 18.6. The predicted octanol–water partition coefficient (Wildman–Crippen LogP) is 3.64. The highest BCUT2D eigenvalue weighted by Crippen LogP contribution is 2.13. The number of aliphatic carboxylic acids is 1. The third-order valence-electron chi connectivity index (χ3n) is 3.34. The molecule has 0 atom stereocenters. The van der Waals surface area contributed by atoms with Gasteiger partial charge in [-0.05, 0) is 18.5 Å². The molecular weight excluding hydrogens is 296 g/mol. The van der Waals surface area contributed by atoms with Crippen molar-refractivity contribution < 1.29 is 14.6 Å². The van der Waals surface area contributed by atoms with Crippen molar-refractivity contribution in [3.05, 3.63) is 23.8 Å². The summed E-state index contributed by atoms with van der Waals surface area (Å²) in [6, 6.07) is 1.12. The number of hydrogen-bond donors (Lipinski definition) is 1. The number of nitrogens with zero attached hydrogens (tertiary/aromatic N) is 2. The molecule has 1 N–H and O–H groups in total. The highest BCUT2D eigenvalue weighted by atomic mass is 28.3. The van der Waals surface area contributed by atoms with Crippen LogP contribution in [0.2, 0.25) is 25.7 Å². The van der Waals surface area contributed by atoms with Crippen molar-refractivity contribution in [2.24, 2.45) is 0 Å². The fraction of sp³-hybridized carbons (Fsp3) is 0.625. The molecule has 0 bridgehead atoms. The van der Waals surface area contributed by atoms with Gasteiger partial charge < -0.3 is 14.4 Å². The Morgan fingerprint density at radius 3 is 2.77 bits per heavy atom. The molecule has 1 rings (SSSR count). The first-order valence-electron chi connectivity index (χ1n) is 7.86. The van der Waals surface area contributed by atoms with Crippen molar-refractivity contribution in [2.75, 3.05) is 6.61 Å². The van der Waals surface area contributed by atoms with Crippen LogP contribution in [0.15, 0.2) is 12.3 Å². The third kappa shape index (κ3) is 7.04. The molecule has 0 saturated carbocycles. The minimum Gasteiger partial charge on any atom is -0.478 e. The van der Waals surface area contributed by atoms with Gasteiger partial charge in [-0.2, -0.15) is 0 Å². The van der Waals surface area contributed by atoms with Crippen LogP contribution in [0.1, 0.15) is 31.3 Å². The lowest BCUT2D eigenvalue weighted by atomic mass is 10.2. The molecule has 0 unspecified atom stereocenters. The fourth-order valence-electron chi connectivity index (χ4n) is 1.94. The summed E-state index contributed by atoms with van der Waals surface area (Å²) in [6.07, 6.45) is 7.48. The number of hydrogen-bond acceptors (Lipinski definition) is 3. The second-order valence-corrected chi connectivity index (χ2v) is 12.3. The van der Waals surface area contributed by atoms with Crippen molar-refractivity contribution in [3.63, 3.8) is 0 Å². The van der Waals surface area contributed by atoms with Gasteiger partial charge in [-0.15, -0.1) is 0 Å². The molecule has 0 amide bonds. The zero-order valence-corrected chi connectivity index (χ0v) is 15.1. The molecular formula is C16H28N2O3Si. The van der Waals surface area contributed by atoms with Crippen LogP contribution in [0.5, 0.6) is 0 Å². The Morgan fingerprint density at radius 1 is 1.45 bits per heavy atom. The first-order valence-corrected chi connectivity index (χ1v) is 11.6. The van der Waals surface area contributed by atoms with Crippen LogP contribution in [0.25, 0.3) is 6.08 Å². The smallest absolute Gasteiger partial charge is 0.328 e. The van der Waals surface area contributed by atoms with Crippen molar-refractivity contribution in [1.29, 1.82) is 0 Å². The molecule has 5 nitrogen and oxygen atoms in total. The zero-order chi connectivity index (χ0) is 16.6. The summed E-state index contributed by atoms with van der Waals surface area (Å²) in [6.45, 7) is 10.3. The molecule has 1 aromatic rings. The van der Waals surface area contributed by atoms with E-state index in [1.165, 1.54) is 0 Å². The van der Waals surface area contributed by atoms with Gasteiger partial charge in [-0.1, -0.05) is 33.0 Å². The molecule has 0 aliphatic carbocycles. The Hall–Kier alpha value is -1.40. The van der Waals surface area contributed by atoms with Gasteiger partial charge in [0.05, 0.1) is 11.9 Å². The molecule has 0 spiro atoms. The van der Waals surface area contributed by atoms with E-state index in [0.29, 0.717) is 6.73 Å². The Kier molecular flexibility index (Phi) is 7.54. The molecule has 0 radical (unpaired) electrons. The van der Waals surface area contributed by atoms with Crippen molar-refractivity contribution in [2.45, 2.75) is 58.6 Å². The van der Waals surface area contributed by atoms with E-state index in [0.717, 1.165) is 49.5 Å². The summed E-state index contributed by atoms with van der Waals surface area (Å²) >= 11 is 0. The Balaban J connectivity index is 2.73. The van der Waals surface area contributed by atoms with Gasteiger partial charge in [0.25, 0.3) is 0 Å². The van der Waals surface area contributed by atoms with E-state index < -0.39 is 14.0 Å². The minimum absolute atomic E-state index is 0.433. The summed E-state index contributed by atoms with van der Waals surface area (Å²) in [5.41, 5.74) is 0.779. The molecule has 0 aliphatic heterocycles. The lowest BCUT2D eigenvalue weighted by molar-refractivity contribution is -0.131. The molecule has 0 saturated heterocycles. The van der Waals surface area contributed by atoms with Crippen LogP contribution in [0.3, 0.4) is 0 Å². The van der Waals surface area contributed by atoms with Gasteiger partial charge in [-0.25, -0.2) is 9.78 Å². The molecule has 6 heteroatoms. The van der Waals surface area contributed by atoms with Gasteiger partial charge in [-0.3, -0.25) is 0 Å². The summed E-state index contributed by atoms with van der Waals surface area (Å²) in [5.74, 6) is 0.00222. The van der Waals surface area contributed by atoms with Crippen molar-refractivity contribution in [3.8, 4) is 0 Å². The molecule has 1 heterocycles. The van der Waals surface area contributed by atoms with E-state index in [1.807, 2.05) is 4.57 Å². The van der Waals surface area contributed by atoms with Crippen LogP contribution < -0.4 is 0 Å². The Bertz CT molecular complexity index is 504. The number of carboxylic acid groups (broad SMARTS) is 1. The number of carboxylic acids is 1. The van der Waals surface area contributed by atoms with Crippen LogP contribution in [-0.2, 0) is 22.7 Å². The van der Waals surface area contributed by atoms with E-state index >= 15 is 0 Å². The van der Waals surface area contributed by atoms with E-state index in [-0.39, 0.29) is 0 Å². The maximum atomic E-state index is 10.7. The number of aryl methyl sites for hydroxylation is 1. The Labute approximate surface area is 134 Å². The second-order valence-electron chi connectivity index (χ2n) is 6.65. The zero-order valence-electron chi connectivity index (χ0n) is 14.1. The third-order valence-corrected chi connectivity index (χ3v) is 5.04. The van der Waals surface area contributed by atoms with Gasteiger partial charge >= 0.3 is 5.97 Å². The minimum atomic E-state index is -1.10.